The Hall–Kier alpha value is -0.970. The number of hydrogen-bond acceptors (Lipinski definition) is 3. The molecular formula is C16H23FN2S. The Morgan fingerprint density at radius 1 is 1.30 bits per heavy atom. The second-order valence-electron chi connectivity index (χ2n) is 6.55. The Morgan fingerprint density at radius 3 is 2.60 bits per heavy atom. The molecule has 0 amide bonds. The van der Waals surface area contributed by atoms with Crippen LogP contribution in [0.1, 0.15) is 31.2 Å². The number of thiophene rings is 1. The Labute approximate surface area is 124 Å². The molecule has 0 bridgehead atoms. The molecule has 2 rings (SSSR count). The largest absolute Gasteiger partial charge is 0.326 e. The van der Waals surface area contributed by atoms with Gasteiger partial charge in [-0.25, -0.2) is 4.39 Å². The van der Waals surface area contributed by atoms with E-state index in [9.17, 15) is 4.39 Å². The smallest absolute Gasteiger partial charge is 0.132 e. The van der Waals surface area contributed by atoms with E-state index in [0.29, 0.717) is 6.54 Å². The van der Waals surface area contributed by atoms with E-state index in [1.165, 1.54) is 6.07 Å². The molecule has 110 valence electrons. The van der Waals surface area contributed by atoms with Crippen molar-refractivity contribution in [2.24, 2.45) is 11.1 Å². The summed E-state index contributed by atoms with van der Waals surface area (Å²) in [5.41, 5.74) is 7.11. The standard InChI is InChI=1S/C16H23FN2S/c1-16(2,3)10-19(4)9-11-14(8-18)20-13-7-5-6-12(17)15(11)13/h5-7H,8-10,18H2,1-4H3. The normalized spacial score (nSPS) is 12.6. The van der Waals surface area contributed by atoms with Crippen LogP contribution < -0.4 is 5.73 Å². The Bertz CT molecular complexity index is 598. The summed E-state index contributed by atoms with van der Waals surface area (Å²) in [4.78, 5) is 3.33. The van der Waals surface area contributed by atoms with Crippen LogP contribution in [0.2, 0.25) is 0 Å². The van der Waals surface area contributed by atoms with Crippen molar-refractivity contribution in [1.82, 2.24) is 4.90 Å². The topological polar surface area (TPSA) is 29.3 Å². The van der Waals surface area contributed by atoms with Gasteiger partial charge in [-0.05, 0) is 30.2 Å². The molecule has 20 heavy (non-hydrogen) atoms. The van der Waals surface area contributed by atoms with Crippen LogP contribution in [0.15, 0.2) is 18.2 Å². The molecule has 1 aromatic heterocycles. The highest BCUT2D eigenvalue weighted by molar-refractivity contribution is 7.19. The van der Waals surface area contributed by atoms with Crippen molar-refractivity contribution in [1.29, 1.82) is 0 Å². The molecule has 0 fully saturated rings. The van der Waals surface area contributed by atoms with E-state index in [0.717, 1.165) is 33.6 Å². The second kappa shape index (κ2) is 5.80. The van der Waals surface area contributed by atoms with Gasteiger partial charge in [0.2, 0.25) is 0 Å². The fourth-order valence-electron chi connectivity index (χ4n) is 2.68. The van der Waals surface area contributed by atoms with E-state index in [4.69, 9.17) is 5.73 Å². The lowest BCUT2D eigenvalue weighted by molar-refractivity contribution is 0.221. The van der Waals surface area contributed by atoms with Crippen LogP contribution in [0.25, 0.3) is 10.1 Å². The van der Waals surface area contributed by atoms with Gasteiger partial charge in [0.25, 0.3) is 0 Å². The Kier molecular flexibility index (Phi) is 4.47. The van der Waals surface area contributed by atoms with Crippen molar-refractivity contribution >= 4 is 21.4 Å². The molecular weight excluding hydrogens is 271 g/mol. The van der Waals surface area contributed by atoms with Gasteiger partial charge >= 0.3 is 0 Å². The van der Waals surface area contributed by atoms with Crippen molar-refractivity contribution < 1.29 is 4.39 Å². The molecule has 2 N–H and O–H groups in total. The summed E-state index contributed by atoms with van der Waals surface area (Å²) in [7, 11) is 2.08. The molecule has 0 aliphatic rings. The van der Waals surface area contributed by atoms with Crippen LogP contribution in [0.4, 0.5) is 4.39 Å². The molecule has 0 saturated heterocycles. The van der Waals surface area contributed by atoms with E-state index >= 15 is 0 Å². The van der Waals surface area contributed by atoms with Crippen LogP contribution in [0.3, 0.4) is 0 Å². The maximum Gasteiger partial charge on any atom is 0.132 e. The molecule has 0 unspecified atom stereocenters. The summed E-state index contributed by atoms with van der Waals surface area (Å²) in [5, 5.41) is 0.749. The highest BCUT2D eigenvalue weighted by Gasteiger charge is 2.19. The molecule has 2 aromatic rings. The third-order valence-electron chi connectivity index (χ3n) is 3.20. The maximum atomic E-state index is 14.1. The summed E-state index contributed by atoms with van der Waals surface area (Å²) in [5.74, 6) is -0.141. The number of rotatable bonds is 4. The zero-order chi connectivity index (χ0) is 14.9. The molecule has 2 nitrogen and oxygen atoms in total. The fourth-order valence-corrected chi connectivity index (χ4v) is 3.79. The van der Waals surface area contributed by atoms with E-state index in [1.54, 1.807) is 17.4 Å². The summed E-state index contributed by atoms with van der Waals surface area (Å²) in [6, 6.07) is 5.26. The molecule has 1 heterocycles. The summed E-state index contributed by atoms with van der Waals surface area (Å²) in [6.45, 7) is 8.80. The zero-order valence-corrected chi connectivity index (χ0v) is 13.5. The lowest BCUT2D eigenvalue weighted by atomic mass is 9.96. The van der Waals surface area contributed by atoms with E-state index in [-0.39, 0.29) is 11.2 Å². The second-order valence-corrected chi connectivity index (χ2v) is 7.69. The van der Waals surface area contributed by atoms with Gasteiger partial charge in [-0.15, -0.1) is 11.3 Å². The minimum atomic E-state index is -0.141. The van der Waals surface area contributed by atoms with Crippen molar-refractivity contribution in [2.45, 2.75) is 33.9 Å². The van der Waals surface area contributed by atoms with Crippen LogP contribution in [0, 0.1) is 11.2 Å². The van der Waals surface area contributed by atoms with Crippen molar-refractivity contribution in [3.8, 4) is 0 Å². The van der Waals surface area contributed by atoms with Crippen molar-refractivity contribution in [3.63, 3.8) is 0 Å². The molecule has 0 aliphatic heterocycles. The first kappa shape index (κ1) is 15.4. The molecule has 0 saturated carbocycles. The molecule has 1 aromatic carbocycles. The first-order valence-electron chi connectivity index (χ1n) is 6.89. The van der Waals surface area contributed by atoms with Gasteiger partial charge in [0.05, 0.1) is 0 Å². The Balaban J connectivity index is 2.37. The van der Waals surface area contributed by atoms with Gasteiger partial charge in [0.1, 0.15) is 5.82 Å². The van der Waals surface area contributed by atoms with Crippen molar-refractivity contribution in [3.05, 3.63) is 34.5 Å². The van der Waals surface area contributed by atoms with Crippen LogP contribution in [0.5, 0.6) is 0 Å². The minimum Gasteiger partial charge on any atom is -0.326 e. The van der Waals surface area contributed by atoms with Gasteiger partial charge in [0, 0.05) is 34.6 Å². The van der Waals surface area contributed by atoms with Gasteiger partial charge in [0.15, 0.2) is 0 Å². The van der Waals surface area contributed by atoms with Crippen LogP contribution in [-0.4, -0.2) is 18.5 Å². The monoisotopic (exact) mass is 294 g/mol. The minimum absolute atomic E-state index is 0.141. The summed E-state index contributed by atoms with van der Waals surface area (Å²) < 4.78 is 15.1. The number of halogens is 1. The van der Waals surface area contributed by atoms with Crippen LogP contribution in [-0.2, 0) is 13.1 Å². The average molecular weight is 294 g/mol. The predicted octanol–water partition coefficient (Wildman–Crippen LogP) is 3.98. The van der Waals surface area contributed by atoms with Gasteiger partial charge in [-0.3, -0.25) is 0 Å². The quantitative estimate of drug-likeness (QED) is 0.924. The third kappa shape index (κ3) is 3.37. The summed E-state index contributed by atoms with van der Waals surface area (Å²) in [6.07, 6.45) is 0. The molecule has 4 heteroatoms. The molecule has 0 spiro atoms. The lowest BCUT2D eigenvalue weighted by Gasteiger charge is -2.26. The summed E-state index contributed by atoms with van der Waals surface area (Å²) >= 11 is 1.61. The van der Waals surface area contributed by atoms with Crippen molar-refractivity contribution in [2.75, 3.05) is 13.6 Å². The molecule has 0 radical (unpaired) electrons. The van der Waals surface area contributed by atoms with Crippen LogP contribution >= 0.6 is 11.3 Å². The number of fused-ring (bicyclic) bond motifs is 1. The van der Waals surface area contributed by atoms with E-state index in [2.05, 4.69) is 32.7 Å². The van der Waals surface area contributed by atoms with E-state index in [1.807, 2.05) is 6.07 Å². The number of nitrogens with zero attached hydrogens (tertiary/aromatic N) is 1. The predicted molar refractivity (Wildman–Crippen MR) is 85.5 cm³/mol. The highest BCUT2D eigenvalue weighted by Crippen LogP contribution is 2.34. The number of hydrogen-bond donors (Lipinski definition) is 1. The van der Waals surface area contributed by atoms with Gasteiger partial charge in [-0.2, -0.15) is 0 Å². The van der Waals surface area contributed by atoms with E-state index < -0.39 is 0 Å². The molecule has 0 atom stereocenters. The molecule has 0 aliphatic carbocycles. The first-order valence-corrected chi connectivity index (χ1v) is 7.71. The van der Waals surface area contributed by atoms with Gasteiger partial charge < -0.3 is 10.6 Å². The van der Waals surface area contributed by atoms with Gasteiger partial charge in [-0.1, -0.05) is 26.8 Å². The first-order chi connectivity index (χ1) is 9.31. The maximum absolute atomic E-state index is 14.1. The number of benzene rings is 1. The lowest BCUT2D eigenvalue weighted by Crippen LogP contribution is -2.29. The third-order valence-corrected chi connectivity index (χ3v) is 4.42. The zero-order valence-electron chi connectivity index (χ0n) is 12.7. The number of nitrogens with two attached hydrogens (primary N) is 1. The Morgan fingerprint density at radius 2 is 2.00 bits per heavy atom. The SMILES string of the molecule is CN(Cc1c(CN)sc2cccc(F)c12)CC(C)(C)C. The average Bonchev–Trinajstić information content (AvgIpc) is 2.66. The fraction of sp³-hybridized carbons (Fsp3) is 0.500. The highest BCUT2D eigenvalue weighted by atomic mass is 32.1.